The van der Waals surface area contributed by atoms with E-state index in [2.05, 4.69) is 0 Å². The molecule has 1 heterocycles. The summed E-state index contributed by atoms with van der Waals surface area (Å²) >= 11 is 0. The van der Waals surface area contributed by atoms with Crippen LogP contribution < -0.4 is 115 Å². The van der Waals surface area contributed by atoms with Crippen LogP contribution in [-0.4, -0.2) is 165 Å². The van der Waals surface area contributed by atoms with Crippen molar-refractivity contribution < 1.29 is 4.42 Å². The Bertz CT molecular complexity index is 3180. The van der Waals surface area contributed by atoms with Gasteiger partial charge >= 0.3 is 0 Å². The van der Waals surface area contributed by atoms with Gasteiger partial charge in [0.1, 0.15) is 176 Å². The summed E-state index contributed by atoms with van der Waals surface area (Å²) in [5, 5.41) is 1.49. The molecule has 1 aromatic heterocycles. The topological polar surface area (TPSA) is 13.1 Å². The van der Waals surface area contributed by atoms with Crippen molar-refractivity contribution in [2.75, 3.05) is 0 Å². The van der Waals surface area contributed by atoms with Gasteiger partial charge in [0.15, 0.2) is 0 Å². The summed E-state index contributed by atoms with van der Waals surface area (Å²) in [6.07, 6.45) is 0. The Kier molecular flexibility index (Phi) is 9.78. The molecule has 8 aromatic rings. The molecule has 0 aliphatic rings. The van der Waals surface area contributed by atoms with Gasteiger partial charge in [0.2, 0.25) is 0 Å². The highest BCUT2D eigenvalue weighted by Crippen LogP contribution is 2.40. The van der Waals surface area contributed by atoms with Crippen LogP contribution in [0.5, 0.6) is 0 Å². The lowest BCUT2D eigenvalue weighted by molar-refractivity contribution is 0.672. The van der Waals surface area contributed by atoms with Crippen LogP contribution in [0.4, 0.5) is 0 Å². The minimum atomic E-state index is -0.0990. The molecule has 0 saturated carbocycles. The zero-order valence-electron chi connectivity index (χ0n) is 30.6. The van der Waals surface area contributed by atoms with Gasteiger partial charge in [0, 0.05) is 10.8 Å². The van der Waals surface area contributed by atoms with Crippen LogP contribution in [0.2, 0.25) is 0 Å². The third-order valence-electron chi connectivity index (χ3n) is 11.3. The SMILES string of the molecule is [B]c1c([B])c([B])c(-c2c3c([B])c([B])c([B])c([B])c3c(-c3cc4oc5c([B])c6c([B])c([B])c([B])c([B])c6c([B])c5c4c([B])c3[B])c3c([B])c([B])c([B])c([B])c23)c([B])c1[B]. The third-order valence-corrected chi connectivity index (χ3v) is 11.3. The van der Waals surface area contributed by atoms with Crippen LogP contribution in [0.25, 0.3) is 76.5 Å². The van der Waals surface area contributed by atoms with E-state index in [1.807, 2.05) is 0 Å². The van der Waals surface area contributed by atoms with Crippen LogP contribution in [0.15, 0.2) is 10.5 Å². The fraction of sp³-hybridized carbons (Fsp3) is 0. The van der Waals surface area contributed by atoms with Crippen molar-refractivity contribution in [1.82, 2.24) is 0 Å². The molecule has 8 rings (SSSR count). The largest absolute Gasteiger partial charge is 0.457 e. The molecule has 22 heteroatoms. The second-order valence-corrected chi connectivity index (χ2v) is 14.2. The summed E-state index contributed by atoms with van der Waals surface area (Å²) in [6.45, 7) is 0. The normalized spacial score (nSPS) is 11.9. The molecule has 0 spiro atoms. The Balaban J connectivity index is 1.68. The van der Waals surface area contributed by atoms with E-state index in [9.17, 15) is 0 Å². The molecule has 58 heavy (non-hydrogen) atoms. The summed E-state index contributed by atoms with van der Waals surface area (Å²) in [5.41, 5.74) is -0.233. The Morgan fingerprint density at radius 2 is 0.534 bits per heavy atom. The maximum absolute atomic E-state index is 7.01. The first-order chi connectivity index (χ1) is 27.1. The summed E-state index contributed by atoms with van der Waals surface area (Å²) in [5.74, 6) is 0. The van der Waals surface area contributed by atoms with E-state index >= 15 is 0 Å². The highest BCUT2D eigenvalue weighted by Gasteiger charge is 2.29. The van der Waals surface area contributed by atoms with Crippen molar-refractivity contribution in [3.63, 3.8) is 0 Å². The first-order valence-corrected chi connectivity index (χ1v) is 17.0. The molecule has 1 nitrogen and oxygen atoms in total. The number of hydrogen-bond acceptors (Lipinski definition) is 1. The first kappa shape index (κ1) is 41.2. The Morgan fingerprint density at radius 1 is 0.224 bits per heavy atom. The number of benzene rings is 7. The van der Waals surface area contributed by atoms with Gasteiger partial charge in [-0.15, -0.1) is 49.2 Å². The standard InChI is InChI=1S/C36HB21O/c37-15-2(1-3-5(17(15)39)14-16(38)12-13(26(48)36(14)58-3)25(47)32(54)31(53)24(12)46)4-7-9(20(42)29(51)27(49)18(7)40)6(10-8(4)19(41)28(50)30(52)21(10)43)11-22(44)33(55)35(57)34(56)23(11)45/h1H. The van der Waals surface area contributed by atoms with Gasteiger partial charge in [-0.3, -0.25) is 0 Å². The Hall–Kier alpha value is -3.52. The van der Waals surface area contributed by atoms with E-state index in [0.29, 0.717) is 0 Å². The van der Waals surface area contributed by atoms with E-state index in [-0.39, 0.29) is 191 Å². The highest BCUT2D eigenvalue weighted by molar-refractivity contribution is 6.75. The molecule has 0 atom stereocenters. The van der Waals surface area contributed by atoms with Crippen molar-refractivity contribution in [2.24, 2.45) is 0 Å². The van der Waals surface area contributed by atoms with E-state index in [1.165, 1.54) is 0 Å². The fourth-order valence-electron chi connectivity index (χ4n) is 8.17. The summed E-state index contributed by atoms with van der Waals surface area (Å²) in [4.78, 5) is 0. The van der Waals surface area contributed by atoms with Gasteiger partial charge in [-0.1, -0.05) is 60.1 Å². The van der Waals surface area contributed by atoms with Crippen LogP contribution in [0.3, 0.4) is 0 Å². The molecular weight excluding hydrogens is 675 g/mol. The van der Waals surface area contributed by atoms with Crippen molar-refractivity contribution >= 4 is 334 Å². The van der Waals surface area contributed by atoms with Gasteiger partial charge in [0.05, 0.1) is 0 Å². The zero-order chi connectivity index (χ0) is 42.6. The van der Waals surface area contributed by atoms with Crippen molar-refractivity contribution in [3.8, 4) is 22.3 Å². The van der Waals surface area contributed by atoms with Gasteiger partial charge < -0.3 is 4.42 Å². The first-order valence-electron chi connectivity index (χ1n) is 17.0. The van der Waals surface area contributed by atoms with Crippen LogP contribution in [0, 0.1) is 0 Å². The summed E-state index contributed by atoms with van der Waals surface area (Å²) < 4.78 is 6.43. The molecule has 0 aliphatic heterocycles. The van der Waals surface area contributed by atoms with Gasteiger partial charge in [-0.25, -0.2) is 0 Å². The lowest BCUT2D eigenvalue weighted by Crippen LogP contribution is -2.55. The quantitative estimate of drug-likeness (QED) is 0.131. The van der Waals surface area contributed by atoms with E-state index < -0.39 is 0 Å². The highest BCUT2D eigenvalue weighted by atomic mass is 16.3. The minimum Gasteiger partial charge on any atom is -0.457 e. The number of rotatable bonds is 2. The number of fused-ring (bicyclic) bond motifs is 6. The van der Waals surface area contributed by atoms with Crippen molar-refractivity contribution in [1.29, 1.82) is 0 Å². The smallest absolute Gasteiger partial charge is 0.135 e. The van der Waals surface area contributed by atoms with Gasteiger partial charge in [-0.05, 0) is 66.1 Å². The van der Waals surface area contributed by atoms with E-state index in [1.54, 1.807) is 6.07 Å². The van der Waals surface area contributed by atoms with Gasteiger partial charge in [0.25, 0.3) is 0 Å². The predicted molar refractivity (Wildman–Crippen MR) is 270 cm³/mol. The molecule has 0 unspecified atom stereocenters. The Labute approximate surface area is 364 Å². The number of furan rings is 1. The average Bonchev–Trinajstić information content (AvgIpc) is 3.60. The fourth-order valence-corrected chi connectivity index (χ4v) is 8.17. The zero-order valence-corrected chi connectivity index (χ0v) is 30.6. The molecular formula is C36HB21O. The van der Waals surface area contributed by atoms with Crippen molar-refractivity contribution in [2.45, 2.75) is 0 Å². The molecule has 42 radical (unpaired) electrons. The maximum atomic E-state index is 7.01. The van der Waals surface area contributed by atoms with E-state index in [4.69, 9.17) is 169 Å². The number of hydrogen-bond donors (Lipinski definition) is 0. The predicted octanol–water partition coefficient (Wildman–Crippen LogP) is -15.0. The molecule has 0 fully saturated rings. The molecule has 0 saturated heterocycles. The lowest BCUT2D eigenvalue weighted by Gasteiger charge is -2.31. The molecule has 0 aliphatic carbocycles. The van der Waals surface area contributed by atoms with E-state index in [0.717, 1.165) is 0 Å². The molecule has 0 N–H and O–H groups in total. The van der Waals surface area contributed by atoms with Crippen molar-refractivity contribution in [3.05, 3.63) is 6.07 Å². The molecule has 0 bridgehead atoms. The molecule has 0 amide bonds. The second kappa shape index (κ2) is 13.8. The van der Waals surface area contributed by atoms with Crippen LogP contribution in [0.1, 0.15) is 0 Å². The Morgan fingerprint density at radius 3 is 0.948 bits per heavy atom. The second-order valence-electron chi connectivity index (χ2n) is 14.2. The summed E-state index contributed by atoms with van der Waals surface area (Å²) in [7, 11) is 139. The van der Waals surface area contributed by atoms with Gasteiger partial charge in [-0.2, -0.15) is 0 Å². The molecule has 7 aromatic carbocycles. The minimum absolute atomic E-state index is 0.0150. The monoisotopic (exact) mass is 680 g/mol. The summed E-state index contributed by atoms with van der Waals surface area (Å²) in [6, 6.07) is 1.56. The maximum Gasteiger partial charge on any atom is 0.135 e. The average molecular weight is 676 g/mol. The van der Waals surface area contributed by atoms with Crippen LogP contribution >= 0.6 is 0 Å². The molecule has 214 valence electrons. The van der Waals surface area contributed by atoms with Crippen LogP contribution in [-0.2, 0) is 0 Å². The third kappa shape index (κ3) is 5.14. The lowest BCUT2D eigenvalue weighted by atomic mass is 9.56.